The number of aliphatic imine (C=N–C) groups is 1. The molecule has 0 saturated carbocycles. The number of nitrogens with one attached hydrogen (secondary N) is 1. The second-order valence-corrected chi connectivity index (χ2v) is 13.9. The molecule has 2 saturated heterocycles. The van der Waals surface area contributed by atoms with Gasteiger partial charge in [0.2, 0.25) is 0 Å². The Balaban J connectivity index is 1.50. The number of likely N-dealkylation sites (tertiary alicyclic amines) is 1. The minimum Gasteiger partial charge on any atom is -0.378 e. The number of halogens is 3. The first kappa shape index (κ1) is 35.1. The maximum Gasteiger partial charge on any atom is 0.278 e. The van der Waals surface area contributed by atoms with Crippen molar-refractivity contribution in [2.75, 3.05) is 39.3 Å². The lowest BCUT2D eigenvalue weighted by atomic mass is 9.83. The van der Waals surface area contributed by atoms with Gasteiger partial charge in [-0.2, -0.15) is 0 Å². The molecule has 5 aliphatic heterocycles. The molecule has 1 N–H and O–H groups in total. The molecule has 0 amide bonds. The van der Waals surface area contributed by atoms with E-state index in [2.05, 4.69) is 52.8 Å². The molecule has 256 valence electrons. The van der Waals surface area contributed by atoms with Gasteiger partial charge < -0.3 is 20.0 Å². The van der Waals surface area contributed by atoms with Crippen LogP contribution < -0.4 is 5.32 Å². The second kappa shape index (κ2) is 15.3. The third kappa shape index (κ3) is 7.74. The summed E-state index contributed by atoms with van der Waals surface area (Å²) in [6.45, 7) is 23.8. The van der Waals surface area contributed by atoms with E-state index >= 15 is 13.2 Å². The van der Waals surface area contributed by atoms with Crippen molar-refractivity contribution in [2.24, 2.45) is 16.8 Å². The Morgan fingerprint density at radius 1 is 0.957 bits per heavy atom. The zero-order chi connectivity index (χ0) is 33.7. The number of benzene rings is 1. The Hall–Kier alpha value is -3.26. The van der Waals surface area contributed by atoms with Crippen molar-refractivity contribution in [1.29, 1.82) is 0 Å². The summed E-state index contributed by atoms with van der Waals surface area (Å²) >= 11 is 0. The van der Waals surface area contributed by atoms with Crippen LogP contribution in [0.25, 0.3) is 0 Å². The standard InChI is InChI=1S/C39H54F3N5/c1-7-43-38-34-26-35(31-16-24-46(25-17-31)27(2)3)30(6)47(38)21-12-10-8-9-11-20-45-22-18-32(19-23-45)39(41,42)36-15-13-14-33(37(36)40)28(4)44-29(34)5/h7,13-15,26,28,31-32,44H,2,5-6,8-12,16-25H2,1,3-4H3/b43-7-/t28-/m1/s1. The van der Waals surface area contributed by atoms with E-state index in [1.165, 1.54) is 11.6 Å². The number of rotatable bonds is 3. The molecule has 6 rings (SSSR count). The summed E-state index contributed by atoms with van der Waals surface area (Å²) in [6.07, 6.45) is 12.1. The van der Waals surface area contributed by atoms with Crippen molar-refractivity contribution in [3.63, 3.8) is 0 Å². The van der Waals surface area contributed by atoms with Gasteiger partial charge in [0.15, 0.2) is 0 Å². The van der Waals surface area contributed by atoms with E-state index in [0.717, 1.165) is 93.9 Å². The smallest absolute Gasteiger partial charge is 0.278 e. The lowest BCUT2D eigenvalue weighted by Gasteiger charge is -2.40. The van der Waals surface area contributed by atoms with Crippen LogP contribution in [-0.4, -0.2) is 60.2 Å². The molecule has 2 fully saturated rings. The summed E-state index contributed by atoms with van der Waals surface area (Å²) in [5, 5.41) is 3.39. The molecule has 0 aliphatic carbocycles. The van der Waals surface area contributed by atoms with E-state index in [1.54, 1.807) is 25.3 Å². The van der Waals surface area contributed by atoms with Gasteiger partial charge in [-0.05, 0) is 96.5 Å². The molecule has 6 bridgehead atoms. The highest BCUT2D eigenvalue weighted by Gasteiger charge is 2.45. The maximum absolute atomic E-state index is 16.1. The largest absolute Gasteiger partial charge is 0.378 e. The fraction of sp³-hybridized carbons (Fsp3) is 0.564. The first-order valence-corrected chi connectivity index (χ1v) is 17.7. The average molecular weight is 650 g/mol. The third-order valence-corrected chi connectivity index (χ3v) is 10.7. The predicted molar refractivity (Wildman–Crippen MR) is 187 cm³/mol. The third-order valence-electron chi connectivity index (χ3n) is 10.7. The molecule has 5 aliphatic rings. The topological polar surface area (TPSA) is 34.1 Å². The fourth-order valence-corrected chi connectivity index (χ4v) is 7.82. The summed E-state index contributed by atoms with van der Waals surface area (Å²) in [7, 11) is 0. The molecule has 0 aromatic heterocycles. The number of fused-ring (bicyclic) bond motifs is 10. The Kier molecular flexibility index (Phi) is 11.4. The van der Waals surface area contributed by atoms with Crippen LogP contribution in [0.2, 0.25) is 0 Å². The Bertz CT molecular complexity index is 1410. The minimum atomic E-state index is -3.24. The van der Waals surface area contributed by atoms with E-state index in [-0.39, 0.29) is 5.56 Å². The first-order chi connectivity index (χ1) is 22.5. The van der Waals surface area contributed by atoms with E-state index in [4.69, 9.17) is 4.99 Å². The molecule has 0 unspecified atom stereocenters. The van der Waals surface area contributed by atoms with Crippen LogP contribution in [-0.2, 0) is 5.92 Å². The Morgan fingerprint density at radius 2 is 1.62 bits per heavy atom. The molecule has 8 heteroatoms. The van der Waals surface area contributed by atoms with Crippen molar-refractivity contribution in [1.82, 2.24) is 20.0 Å². The zero-order valence-corrected chi connectivity index (χ0v) is 28.8. The highest BCUT2D eigenvalue weighted by Crippen LogP contribution is 2.44. The second-order valence-electron chi connectivity index (χ2n) is 13.9. The van der Waals surface area contributed by atoms with Gasteiger partial charge in [-0.15, -0.1) is 0 Å². The number of hydrogen-bond donors (Lipinski definition) is 1. The Labute approximate surface area is 280 Å². The van der Waals surface area contributed by atoms with Crippen molar-refractivity contribution in [2.45, 2.75) is 90.5 Å². The van der Waals surface area contributed by atoms with Crippen molar-refractivity contribution >= 4 is 6.21 Å². The molecule has 5 heterocycles. The van der Waals surface area contributed by atoms with Crippen molar-refractivity contribution in [3.05, 3.63) is 95.0 Å². The van der Waals surface area contributed by atoms with Gasteiger partial charge in [0.05, 0.1) is 11.6 Å². The monoisotopic (exact) mass is 649 g/mol. The number of nitrogens with zero attached hydrogens (tertiary/aromatic N) is 4. The summed E-state index contributed by atoms with van der Waals surface area (Å²) < 4.78 is 48.0. The molecular formula is C39H54F3N5. The van der Waals surface area contributed by atoms with E-state index in [0.29, 0.717) is 37.5 Å². The quantitative estimate of drug-likeness (QED) is 0.332. The normalized spacial score (nSPS) is 27.0. The average Bonchev–Trinajstić information content (AvgIpc) is 3.05. The van der Waals surface area contributed by atoms with E-state index in [1.807, 2.05) is 6.92 Å². The number of piperidine rings is 2. The van der Waals surface area contributed by atoms with Crippen LogP contribution >= 0.6 is 0 Å². The highest BCUT2D eigenvalue weighted by molar-refractivity contribution is 5.60. The first-order valence-electron chi connectivity index (χ1n) is 17.7. The number of alkyl halides is 2. The minimum absolute atomic E-state index is 0.209. The SMILES string of the molecule is C=C1N[C@H](C)c2cccc(c2F)C(F)(F)C2CCN(CCCCCCCN3C(=C)C(C4CCN(C(=C)C)CC4)=CC1=C3/N=C\C)CC2. The van der Waals surface area contributed by atoms with Gasteiger partial charge in [-0.3, -0.25) is 0 Å². The van der Waals surface area contributed by atoms with Gasteiger partial charge >= 0.3 is 0 Å². The van der Waals surface area contributed by atoms with E-state index in [9.17, 15) is 0 Å². The molecule has 1 aromatic carbocycles. The van der Waals surface area contributed by atoms with Crippen LogP contribution in [0.4, 0.5) is 13.2 Å². The molecule has 1 aromatic rings. The lowest BCUT2D eigenvalue weighted by Crippen LogP contribution is -2.40. The zero-order valence-electron chi connectivity index (χ0n) is 28.8. The highest BCUT2D eigenvalue weighted by atomic mass is 19.3. The molecular weight excluding hydrogens is 595 g/mol. The lowest BCUT2D eigenvalue weighted by molar-refractivity contribution is -0.0880. The number of allylic oxidation sites excluding steroid dienone is 3. The van der Waals surface area contributed by atoms with Gasteiger partial charge in [0, 0.05) is 60.0 Å². The van der Waals surface area contributed by atoms with Crippen LogP contribution in [0.5, 0.6) is 0 Å². The van der Waals surface area contributed by atoms with E-state index < -0.39 is 29.3 Å². The fourth-order valence-electron chi connectivity index (χ4n) is 7.82. The van der Waals surface area contributed by atoms with Crippen LogP contribution in [0, 0.1) is 17.7 Å². The molecule has 0 spiro atoms. The predicted octanol–water partition coefficient (Wildman–Crippen LogP) is 9.06. The molecule has 1 atom stereocenters. The van der Waals surface area contributed by atoms with Gasteiger partial charge in [0.25, 0.3) is 5.92 Å². The number of hydrogen-bond acceptors (Lipinski definition) is 5. The van der Waals surface area contributed by atoms with Gasteiger partial charge in [0.1, 0.15) is 11.6 Å². The molecule has 5 nitrogen and oxygen atoms in total. The maximum atomic E-state index is 16.1. The molecule has 47 heavy (non-hydrogen) atoms. The summed E-state index contributed by atoms with van der Waals surface area (Å²) in [6, 6.07) is 3.82. The summed E-state index contributed by atoms with van der Waals surface area (Å²) in [5.41, 5.74) is 4.38. The van der Waals surface area contributed by atoms with Crippen molar-refractivity contribution in [3.8, 4) is 0 Å². The Morgan fingerprint density at radius 3 is 2.28 bits per heavy atom. The van der Waals surface area contributed by atoms with Crippen LogP contribution in [0.15, 0.2) is 83.1 Å². The summed E-state index contributed by atoms with van der Waals surface area (Å²) in [4.78, 5) is 11.7. The summed E-state index contributed by atoms with van der Waals surface area (Å²) in [5.74, 6) is -3.86. The molecule has 0 radical (unpaired) electrons. The van der Waals surface area contributed by atoms with Gasteiger partial charge in [-0.25, -0.2) is 18.2 Å². The van der Waals surface area contributed by atoms with Crippen molar-refractivity contribution < 1.29 is 13.2 Å². The van der Waals surface area contributed by atoms with Crippen LogP contribution in [0.3, 0.4) is 0 Å². The van der Waals surface area contributed by atoms with Gasteiger partial charge in [-0.1, -0.05) is 57.2 Å². The van der Waals surface area contributed by atoms with Crippen LogP contribution in [0.1, 0.15) is 95.7 Å².